The molecule has 1 aromatic rings. The van der Waals surface area contributed by atoms with Crippen LogP contribution >= 0.6 is 0 Å². The van der Waals surface area contributed by atoms with Crippen molar-refractivity contribution in [1.82, 2.24) is 19.8 Å². The quantitative estimate of drug-likeness (QED) is 0.866. The first-order valence-corrected chi connectivity index (χ1v) is 6.84. The molecule has 2 heterocycles. The van der Waals surface area contributed by atoms with Crippen molar-refractivity contribution >= 4 is 11.8 Å². The molecule has 0 bridgehead atoms. The molecule has 6 heteroatoms. The van der Waals surface area contributed by atoms with E-state index < -0.39 is 6.04 Å². The number of carbonyl (C=O) groups excluding carboxylic acids is 2. The highest BCUT2D eigenvalue weighted by atomic mass is 16.2. The lowest BCUT2D eigenvalue weighted by atomic mass is 9.84. The summed E-state index contributed by atoms with van der Waals surface area (Å²) in [7, 11) is 1.92. The third-order valence-electron chi connectivity index (χ3n) is 3.61. The summed E-state index contributed by atoms with van der Waals surface area (Å²) in [4.78, 5) is 30.2. The molecule has 0 aromatic carbocycles. The lowest BCUT2D eigenvalue weighted by Gasteiger charge is -2.42. The molecule has 1 fully saturated rings. The van der Waals surface area contributed by atoms with Gasteiger partial charge in [-0.3, -0.25) is 9.59 Å². The van der Waals surface area contributed by atoms with Crippen LogP contribution in [0.5, 0.6) is 0 Å². The van der Waals surface area contributed by atoms with Gasteiger partial charge in [0.25, 0.3) is 0 Å². The van der Waals surface area contributed by atoms with Crippen LogP contribution < -0.4 is 5.32 Å². The van der Waals surface area contributed by atoms with E-state index in [4.69, 9.17) is 0 Å². The van der Waals surface area contributed by atoms with Crippen molar-refractivity contribution in [2.75, 3.05) is 13.1 Å². The summed E-state index contributed by atoms with van der Waals surface area (Å²) in [6.45, 7) is 6.53. The van der Waals surface area contributed by atoms with E-state index in [9.17, 15) is 9.59 Å². The molecule has 0 aliphatic carbocycles. The van der Waals surface area contributed by atoms with Crippen LogP contribution in [0.2, 0.25) is 0 Å². The normalized spacial score (nSPS) is 20.2. The van der Waals surface area contributed by atoms with Gasteiger partial charge in [-0.1, -0.05) is 20.8 Å². The lowest BCUT2D eigenvalue weighted by Crippen LogP contribution is -2.63. The Bertz CT molecular complexity index is 515. The summed E-state index contributed by atoms with van der Waals surface area (Å²) in [5.41, 5.74) is -0.290. The zero-order valence-electron chi connectivity index (χ0n) is 12.5. The molecule has 1 unspecified atom stereocenters. The molecule has 20 heavy (non-hydrogen) atoms. The van der Waals surface area contributed by atoms with Crippen molar-refractivity contribution < 1.29 is 9.59 Å². The highest BCUT2D eigenvalue weighted by molar-refractivity contribution is 5.95. The first-order chi connectivity index (χ1) is 9.30. The van der Waals surface area contributed by atoms with Gasteiger partial charge in [-0.15, -0.1) is 0 Å². The van der Waals surface area contributed by atoms with Crippen LogP contribution in [-0.4, -0.2) is 45.4 Å². The SMILES string of the molecule is Cn1ccnc1CCN1C(=O)CNC(=O)C1C(C)(C)C. The van der Waals surface area contributed by atoms with Crippen LogP contribution in [-0.2, 0) is 23.1 Å². The molecular formula is C14H22N4O2. The number of aryl methyl sites for hydroxylation is 1. The molecule has 1 N–H and O–H groups in total. The van der Waals surface area contributed by atoms with Gasteiger partial charge in [-0.05, 0) is 5.41 Å². The monoisotopic (exact) mass is 278 g/mol. The summed E-state index contributed by atoms with van der Waals surface area (Å²) >= 11 is 0. The molecule has 1 aliphatic heterocycles. The third-order valence-corrected chi connectivity index (χ3v) is 3.61. The molecule has 0 saturated carbocycles. The van der Waals surface area contributed by atoms with Crippen molar-refractivity contribution in [3.8, 4) is 0 Å². The molecule has 1 atom stereocenters. The van der Waals surface area contributed by atoms with Gasteiger partial charge in [0.1, 0.15) is 11.9 Å². The first-order valence-electron chi connectivity index (χ1n) is 6.84. The highest BCUT2D eigenvalue weighted by Gasteiger charge is 2.41. The maximum absolute atomic E-state index is 12.1. The van der Waals surface area contributed by atoms with Crippen molar-refractivity contribution in [2.45, 2.75) is 33.2 Å². The Morgan fingerprint density at radius 1 is 1.40 bits per heavy atom. The predicted molar refractivity (Wildman–Crippen MR) is 74.9 cm³/mol. The smallest absolute Gasteiger partial charge is 0.243 e. The van der Waals surface area contributed by atoms with Crippen LogP contribution in [0.25, 0.3) is 0 Å². The fourth-order valence-corrected chi connectivity index (χ4v) is 2.62. The standard InChI is InChI=1S/C14H22N4O2/c1-14(2,3)12-13(20)16-9-11(19)18(12)7-5-10-15-6-8-17(10)4/h6,8,12H,5,7,9H2,1-4H3,(H,16,20). The molecule has 2 amide bonds. The zero-order valence-corrected chi connectivity index (χ0v) is 12.5. The van der Waals surface area contributed by atoms with Crippen LogP contribution in [0.15, 0.2) is 12.4 Å². The van der Waals surface area contributed by atoms with E-state index in [1.165, 1.54) is 0 Å². The molecule has 1 saturated heterocycles. The summed E-state index contributed by atoms with van der Waals surface area (Å²) < 4.78 is 1.93. The van der Waals surface area contributed by atoms with Gasteiger partial charge in [0, 0.05) is 32.4 Å². The van der Waals surface area contributed by atoms with Gasteiger partial charge >= 0.3 is 0 Å². The van der Waals surface area contributed by atoms with Gasteiger partial charge in [-0.25, -0.2) is 4.98 Å². The van der Waals surface area contributed by atoms with Crippen LogP contribution in [0.1, 0.15) is 26.6 Å². The van der Waals surface area contributed by atoms with Crippen molar-refractivity contribution in [1.29, 1.82) is 0 Å². The van der Waals surface area contributed by atoms with E-state index in [-0.39, 0.29) is 23.8 Å². The minimum atomic E-state index is -0.427. The number of rotatable bonds is 3. The number of hydrogen-bond acceptors (Lipinski definition) is 3. The Morgan fingerprint density at radius 2 is 2.10 bits per heavy atom. The van der Waals surface area contributed by atoms with Crippen molar-refractivity contribution in [2.24, 2.45) is 12.5 Å². The van der Waals surface area contributed by atoms with Gasteiger partial charge in [0.15, 0.2) is 0 Å². The molecular weight excluding hydrogens is 256 g/mol. The van der Waals surface area contributed by atoms with E-state index in [1.54, 1.807) is 11.1 Å². The number of imidazole rings is 1. The van der Waals surface area contributed by atoms with Crippen molar-refractivity contribution in [3.05, 3.63) is 18.2 Å². The maximum atomic E-state index is 12.1. The molecule has 0 spiro atoms. The molecule has 0 radical (unpaired) electrons. The molecule has 1 aliphatic rings. The van der Waals surface area contributed by atoms with Crippen molar-refractivity contribution in [3.63, 3.8) is 0 Å². The average molecular weight is 278 g/mol. The largest absolute Gasteiger partial charge is 0.345 e. The number of hydrogen-bond donors (Lipinski definition) is 1. The fraction of sp³-hybridized carbons (Fsp3) is 0.643. The minimum absolute atomic E-state index is 0.0289. The summed E-state index contributed by atoms with van der Waals surface area (Å²) in [5, 5.41) is 2.67. The molecule has 2 rings (SSSR count). The Balaban J connectivity index is 2.15. The van der Waals surface area contributed by atoms with Gasteiger partial charge in [-0.2, -0.15) is 0 Å². The molecule has 6 nitrogen and oxygen atoms in total. The maximum Gasteiger partial charge on any atom is 0.243 e. The van der Waals surface area contributed by atoms with Gasteiger partial charge in [0.05, 0.1) is 6.54 Å². The van der Waals surface area contributed by atoms with E-state index in [0.29, 0.717) is 13.0 Å². The summed E-state index contributed by atoms with van der Waals surface area (Å²) in [5.74, 6) is 0.812. The first kappa shape index (κ1) is 14.6. The van der Waals surface area contributed by atoms with Gasteiger partial charge in [0.2, 0.25) is 11.8 Å². The second kappa shape index (κ2) is 5.26. The number of nitrogens with zero attached hydrogens (tertiary/aromatic N) is 3. The summed E-state index contributed by atoms with van der Waals surface area (Å²) in [6.07, 6.45) is 4.26. The Kier molecular flexibility index (Phi) is 3.83. The number of carbonyl (C=O) groups is 2. The highest BCUT2D eigenvalue weighted by Crippen LogP contribution is 2.26. The zero-order chi connectivity index (χ0) is 14.9. The topological polar surface area (TPSA) is 67.2 Å². The fourth-order valence-electron chi connectivity index (χ4n) is 2.62. The number of nitrogens with one attached hydrogen (secondary N) is 1. The molecule has 1 aromatic heterocycles. The van der Waals surface area contributed by atoms with Crippen LogP contribution in [0.3, 0.4) is 0 Å². The number of aromatic nitrogens is 2. The Labute approximate surface area is 119 Å². The predicted octanol–water partition coefficient (Wildman–Crippen LogP) is 0.336. The number of amides is 2. The summed E-state index contributed by atoms with van der Waals surface area (Å²) in [6, 6.07) is -0.427. The van der Waals surface area contributed by atoms with E-state index in [2.05, 4.69) is 10.3 Å². The van der Waals surface area contributed by atoms with Crippen LogP contribution in [0.4, 0.5) is 0 Å². The van der Waals surface area contributed by atoms with Gasteiger partial charge < -0.3 is 14.8 Å². The van der Waals surface area contributed by atoms with Crippen LogP contribution in [0, 0.1) is 5.41 Å². The van der Waals surface area contributed by atoms with E-state index in [1.807, 2.05) is 38.6 Å². The van der Waals surface area contributed by atoms with E-state index in [0.717, 1.165) is 5.82 Å². The Morgan fingerprint density at radius 3 is 2.65 bits per heavy atom. The number of piperazine rings is 1. The average Bonchev–Trinajstić information content (AvgIpc) is 2.74. The Hall–Kier alpha value is -1.85. The second-order valence-electron chi connectivity index (χ2n) is 6.28. The minimum Gasteiger partial charge on any atom is -0.345 e. The lowest BCUT2D eigenvalue weighted by molar-refractivity contribution is -0.149. The molecule has 110 valence electrons. The van der Waals surface area contributed by atoms with E-state index >= 15 is 0 Å². The third kappa shape index (κ3) is 2.84. The second-order valence-corrected chi connectivity index (χ2v) is 6.28.